The molecule has 18 heavy (non-hydrogen) atoms. The lowest BCUT2D eigenvalue weighted by Gasteiger charge is -2.14. The van der Waals surface area contributed by atoms with Gasteiger partial charge in [0.15, 0.2) is 0 Å². The summed E-state index contributed by atoms with van der Waals surface area (Å²) in [6, 6.07) is 0.462. The molecule has 1 heterocycles. The van der Waals surface area contributed by atoms with Crippen molar-refractivity contribution in [1.82, 2.24) is 15.1 Å². The Balaban J connectivity index is 2.45. The van der Waals surface area contributed by atoms with Gasteiger partial charge in [-0.2, -0.15) is 5.10 Å². The summed E-state index contributed by atoms with van der Waals surface area (Å²) in [5.41, 5.74) is 1.33. The molecule has 0 fully saturated rings. The standard InChI is InChI=1S/C15H29N3/c1-5-9-16-15(6-2)14-11-17-18(12-14)10-7-8-13(3)4/h11-13,15-16H,5-10H2,1-4H3. The van der Waals surface area contributed by atoms with E-state index >= 15 is 0 Å². The van der Waals surface area contributed by atoms with Crippen molar-refractivity contribution in [2.45, 2.75) is 66.0 Å². The molecular weight excluding hydrogens is 222 g/mol. The van der Waals surface area contributed by atoms with Gasteiger partial charge in [-0.15, -0.1) is 0 Å². The SMILES string of the molecule is CCCNC(CC)c1cnn(CCCC(C)C)c1. The molecule has 1 rings (SSSR count). The monoisotopic (exact) mass is 251 g/mol. The highest BCUT2D eigenvalue weighted by Crippen LogP contribution is 2.16. The molecule has 0 amide bonds. The number of hydrogen-bond acceptors (Lipinski definition) is 2. The Labute approximate surface area is 112 Å². The van der Waals surface area contributed by atoms with Crippen molar-refractivity contribution in [3.8, 4) is 0 Å². The number of nitrogens with zero attached hydrogens (tertiary/aromatic N) is 2. The topological polar surface area (TPSA) is 29.9 Å². The molecule has 1 atom stereocenters. The molecule has 0 aliphatic heterocycles. The highest BCUT2D eigenvalue weighted by atomic mass is 15.3. The highest BCUT2D eigenvalue weighted by molar-refractivity contribution is 5.10. The first-order valence-electron chi connectivity index (χ1n) is 7.43. The minimum Gasteiger partial charge on any atom is -0.310 e. The molecule has 1 aromatic rings. The molecule has 3 heteroatoms. The van der Waals surface area contributed by atoms with E-state index in [1.165, 1.54) is 24.8 Å². The summed E-state index contributed by atoms with van der Waals surface area (Å²) in [7, 11) is 0. The molecule has 0 saturated heterocycles. The fourth-order valence-electron chi connectivity index (χ4n) is 2.16. The van der Waals surface area contributed by atoms with Crippen molar-refractivity contribution in [2.24, 2.45) is 5.92 Å². The average Bonchev–Trinajstić information content (AvgIpc) is 2.78. The normalized spacial score (nSPS) is 13.2. The second kappa shape index (κ2) is 8.30. The molecular formula is C15H29N3. The lowest BCUT2D eigenvalue weighted by Crippen LogP contribution is -2.21. The van der Waals surface area contributed by atoms with Crippen molar-refractivity contribution in [1.29, 1.82) is 0 Å². The third kappa shape index (κ3) is 5.21. The number of aryl methyl sites for hydroxylation is 1. The first-order valence-corrected chi connectivity index (χ1v) is 7.43. The molecule has 0 aliphatic rings. The van der Waals surface area contributed by atoms with Gasteiger partial charge in [0.25, 0.3) is 0 Å². The Hall–Kier alpha value is -0.830. The average molecular weight is 251 g/mol. The number of nitrogens with one attached hydrogen (secondary N) is 1. The minimum absolute atomic E-state index is 0.462. The van der Waals surface area contributed by atoms with E-state index in [1.807, 2.05) is 6.20 Å². The Kier molecular flexibility index (Phi) is 7.02. The van der Waals surface area contributed by atoms with Crippen molar-refractivity contribution in [3.63, 3.8) is 0 Å². The summed E-state index contributed by atoms with van der Waals surface area (Å²) in [6.45, 7) is 11.1. The molecule has 0 aliphatic carbocycles. The summed E-state index contributed by atoms with van der Waals surface area (Å²) in [5.74, 6) is 0.787. The van der Waals surface area contributed by atoms with Gasteiger partial charge in [-0.25, -0.2) is 0 Å². The zero-order valence-corrected chi connectivity index (χ0v) is 12.4. The second-order valence-electron chi connectivity index (χ2n) is 5.49. The number of aromatic nitrogens is 2. The maximum absolute atomic E-state index is 4.47. The molecule has 0 bridgehead atoms. The van der Waals surface area contributed by atoms with Gasteiger partial charge in [-0.3, -0.25) is 4.68 Å². The summed E-state index contributed by atoms with van der Waals surface area (Å²) < 4.78 is 2.09. The predicted molar refractivity (Wildman–Crippen MR) is 77.6 cm³/mol. The lowest BCUT2D eigenvalue weighted by molar-refractivity contribution is 0.487. The predicted octanol–water partition coefficient (Wildman–Crippen LogP) is 3.77. The van der Waals surface area contributed by atoms with E-state index in [0.717, 1.165) is 25.4 Å². The van der Waals surface area contributed by atoms with E-state index in [0.29, 0.717) is 6.04 Å². The second-order valence-corrected chi connectivity index (χ2v) is 5.49. The van der Waals surface area contributed by atoms with Crippen LogP contribution < -0.4 is 5.32 Å². The number of rotatable bonds is 9. The molecule has 104 valence electrons. The minimum atomic E-state index is 0.462. The smallest absolute Gasteiger partial charge is 0.0537 e. The summed E-state index contributed by atoms with van der Waals surface area (Å²) >= 11 is 0. The van der Waals surface area contributed by atoms with E-state index in [9.17, 15) is 0 Å². The van der Waals surface area contributed by atoms with Gasteiger partial charge in [0.1, 0.15) is 0 Å². The van der Waals surface area contributed by atoms with E-state index < -0.39 is 0 Å². The Morgan fingerprint density at radius 3 is 2.72 bits per heavy atom. The Morgan fingerprint density at radius 1 is 1.33 bits per heavy atom. The van der Waals surface area contributed by atoms with Crippen molar-refractivity contribution >= 4 is 0 Å². The van der Waals surface area contributed by atoms with E-state index in [-0.39, 0.29) is 0 Å². The van der Waals surface area contributed by atoms with Crippen LogP contribution in [0.1, 0.15) is 65.0 Å². The van der Waals surface area contributed by atoms with E-state index in [1.54, 1.807) is 0 Å². The van der Waals surface area contributed by atoms with Crippen LogP contribution in [0.2, 0.25) is 0 Å². The summed E-state index contributed by atoms with van der Waals surface area (Å²) in [4.78, 5) is 0. The van der Waals surface area contributed by atoms with Crippen LogP contribution in [0, 0.1) is 5.92 Å². The van der Waals surface area contributed by atoms with Gasteiger partial charge in [0.2, 0.25) is 0 Å². The van der Waals surface area contributed by atoms with Gasteiger partial charge >= 0.3 is 0 Å². The lowest BCUT2D eigenvalue weighted by atomic mass is 10.1. The molecule has 3 nitrogen and oxygen atoms in total. The van der Waals surface area contributed by atoms with E-state index in [2.05, 4.69) is 49.0 Å². The van der Waals surface area contributed by atoms with Crippen LogP contribution in [0.5, 0.6) is 0 Å². The van der Waals surface area contributed by atoms with Gasteiger partial charge in [-0.05, 0) is 38.1 Å². The molecule has 0 radical (unpaired) electrons. The van der Waals surface area contributed by atoms with Gasteiger partial charge < -0.3 is 5.32 Å². The van der Waals surface area contributed by atoms with Crippen molar-refractivity contribution in [3.05, 3.63) is 18.0 Å². The number of hydrogen-bond donors (Lipinski definition) is 1. The van der Waals surface area contributed by atoms with Crippen LogP contribution in [-0.2, 0) is 6.54 Å². The highest BCUT2D eigenvalue weighted by Gasteiger charge is 2.10. The first-order chi connectivity index (χ1) is 8.67. The van der Waals surface area contributed by atoms with Gasteiger partial charge in [0.05, 0.1) is 6.20 Å². The summed E-state index contributed by atoms with van der Waals surface area (Å²) in [6.07, 6.45) is 9.03. The van der Waals surface area contributed by atoms with Gasteiger partial charge in [0, 0.05) is 24.3 Å². The maximum atomic E-state index is 4.47. The van der Waals surface area contributed by atoms with Gasteiger partial charge in [-0.1, -0.05) is 27.7 Å². The van der Waals surface area contributed by atoms with Crippen LogP contribution in [0.3, 0.4) is 0 Å². The zero-order valence-electron chi connectivity index (χ0n) is 12.4. The Bertz CT molecular complexity index is 317. The van der Waals surface area contributed by atoms with Crippen LogP contribution in [-0.4, -0.2) is 16.3 Å². The van der Waals surface area contributed by atoms with Crippen LogP contribution >= 0.6 is 0 Å². The quantitative estimate of drug-likeness (QED) is 0.724. The van der Waals surface area contributed by atoms with E-state index in [4.69, 9.17) is 0 Å². The molecule has 0 spiro atoms. The molecule has 0 aromatic carbocycles. The van der Waals surface area contributed by atoms with Crippen LogP contribution in [0.4, 0.5) is 0 Å². The largest absolute Gasteiger partial charge is 0.310 e. The Morgan fingerprint density at radius 2 is 2.11 bits per heavy atom. The molecule has 1 N–H and O–H groups in total. The molecule has 1 unspecified atom stereocenters. The zero-order chi connectivity index (χ0) is 13.4. The first kappa shape index (κ1) is 15.2. The van der Waals surface area contributed by atoms with Crippen molar-refractivity contribution in [2.75, 3.05) is 6.54 Å². The fraction of sp³-hybridized carbons (Fsp3) is 0.800. The summed E-state index contributed by atoms with van der Waals surface area (Å²) in [5, 5.41) is 8.04. The third-order valence-electron chi connectivity index (χ3n) is 3.27. The third-order valence-corrected chi connectivity index (χ3v) is 3.27. The molecule has 1 aromatic heterocycles. The fourth-order valence-corrected chi connectivity index (χ4v) is 2.16. The van der Waals surface area contributed by atoms with Crippen LogP contribution in [0.15, 0.2) is 12.4 Å². The molecule has 0 saturated carbocycles. The van der Waals surface area contributed by atoms with Crippen molar-refractivity contribution < 1.29 is 0 Å². The van der Waals surface area contributed by atoms with Crippen LogP contribution in [0.25, 0.3) is 0 Å². The maximum Gasteiger partial charge on any atom is 0.0537 e.